The van der Waals surface area contributed by atoms with Gasteiger partial charge in [0.15, 0.2) is 5.65 Å². The highest BCUT2D eigenvalue weighted by atomic mass is 16.5. The summed E-state index contributed by atoms with van der Waals surface area (Å²) in [6.07, 6.45) is 8.84. The zero-order valence-corrected chi connectivity index (χ0v) is 10.9. The van der Waals surface area contributed by atoms with E-state index >= 15 is 0 Å². The Morgan fingerprint density at radius 2 is 2.00 bits per heavy atom. The molecule has 0 saturated heterocycles. The van der Waals surface area contributed by atoms with E-state index in [1.165, 1.54) is 25.7 Å². The predicted molar refractivity (Wildman–Crippen MR) is 74.0 cm³/mol. The van der Waals surface area contributed by atoms with Gasteiger partial charge in [-0.25, -0.2) is 9.97 Å². The van der Waals surface area contributed by atoms with Gasteiger partial charge in [0.25, 0.3) is 0 Å². The van der Waals surface area contributed by atoms with Crippen molar-refractivity contribution in [1.82, 2.24) is 15.0 Å². The van der Waals surface area contributed by atoms with E-state index in [1.54, 1.807) is 12.4 Å². The van der Waals surface area contributed by atoms with Gasteiger partial charge in [0, 0.05) is 18.9 Å². The molecule has 0 atom stereocenters. The number of rotatable bonds is 5. The first-order valence-electron chi connectivity index (χ1n) is 6.85. The molecule has 1 N–H and O–H groups in total. The molecule has 2 aromatic rings. The van der Waals surface area contributed by atoms with Crippen molar-refractivity contribution in [3.8, 4) is 0 Å². The van der Waals surface area contributed by atoms with Gasteiger partial charge in [0.2, 0.25) is 0 Å². The average Bonchev–Trinajstić information content (AvgIpc) is 2.97. The molecule has 0 aromatic carbocycles. The van der Waals surface area contributed by atoms with Gasteiger partial charge < -0.3 is 10.1 Å². The molecule has 1 saturated carbocycles. The summed E-state index contributed by atoms with van der Waals surface area (Å²) in [5.74, 6) is 0.822. The molecule has 5 heteroatoms. The molecule has 100 valence electrons. The van der Waals surface area contributed by atoms with Gasteiger partial charge in [-0.3, -0.25) is 4.98 Å². The Bertz CT molecular complexity index is 540. The van der Waals surface area contributed by atoms with Crippen molar-refractivity contribution in [3.63, 3.8) is 0 Å². The third-order valence-electron chi connectivity index (χ3n) is 3.40. The van der Waals surface area contributed by atoms with Crippen LogP contribution in [0.5, 0.6) is 0 Å². The fraction of sp³-hybridized carbons (Fsp3) is 0.500. The number of anilines is 1. The van der Waals surface area contributed by atoms with Gasteiger partial charge >= 0.3 is 0 Å². The summed E-state index contributed by atoms with van der Waals surface area (Å²) >= 11 is 0. The van der Waals surface area contributed by atoms with Crippen molar-refractivity contribution in [2.75, 3.05) is 18.5 Å². The lowest BCUT2D eigenvalue weighted by atomic mass is 10.3. The number of nitrogens with one attached hydrogen (secondary N) is 1. The Hall–Kier alpha value is -1.75. The van der Waals surface area contributed by atoms with Crippen molar-refractivity contribution in [3.05, 3.63) is 24.5 Å². The highest BCUT2D eigenvalue weighted by molar-refractivity contribution is 5.71. The summed E-state index contributed by atoms with van der Waals surface area (Å²) in [6.45, 7) is 1.50. The summed E-state index contributed by atoms with van der Waals surface area (Å²) in [5, 5.41) is 3.26. The van der Waals surface area contributed by atoms with Crippen LogP contribution in [0.4, 0.5) is 5.82 Å². The van der Waals surface area contributed by atoms with Crippen LogP contribution in [0.3, 0.4) is 0 Å². The lowest BCUT2D eigenvalue weighted by Gasteiger charge is -2.11. The second kappa shape index (κ2) is 5.93. The quantitative estimate of drug-likeness (QED) is 0.834. The summed E-state index contributed by atoms with van der Waals surface area (Å²) in [4.78, 5) is 12.8. The fourth-order valence-corrected chi connectivity index (χ4v) is 2.41. The van der Waals surface area contributed by atoms with E-state index in [4.69, 9.17) is 4.74 Å². The zero-order valence-electron chi connectivity index (χ0n) is 10.9. The lowest BCUT2D eigenvalue weighted by molar-refractivity contribution is 0.0659. The maximum absolute atomic E-state index is 5.79. The topological polar surface area (TPSA) is 59.9 Å². The van der Waals surface area contributed by atoms with E-state index in [1.807, 2.05) is 12.1 Å². The molecule has 0 aliphatic heterocycles. The van der Waals surface area contributed by atoms with Gasteiger partial charge in [0.05, 0.1) is 12.7 Å². The molecule has 0 bridgehead atoms. The number of ether oxygens (including phenoxy) is 1. The normalized spacial score (nSPS) is 16.0. The first kappa shape index (κ1) is 12.3. The number of aromatic nitrogens is 3. The van der Waals surface area contributed by atoms with Crippen LogP contribution < -0.4 is 5.32 Å². The van der Waals surface area contributed by atoms with Gasteiger partial charge in [-0.2, -0.15) is 0 Å². The van der Waals surface area contributed by atoms with Crippen LogP contribution in [0, 0.1) is 0 Å². The van der Waals surface area contributed by atoms with E-state index in [0.717, 1.165) is 24.5 Å². The monoisotopic (exact) mass is 258 g/mol. The minimum absolute atomic E-state index is 0.470. The Morgan fingerprint density at radius 1 is 1.16 bits per heavy atom. The lowest BCUT2D eigenvalue weighted by Crippen LogP contribution is -2.15. The van der Waals surface area contributed by atoms with E-state index < -0.39 is 0 Å². The van der Waals surface area contributed by atoms with Crippen LogP contribution in [0.25, 0.3) is 11.2 Å². The number of hydrogen-bond donors (Lipinski definition) is 1. The molecular formula is C14H18N4O. The molecule has 3 rings (SSSR count). The SMILES string of the molecule is c1cnc2nc(NCCOC3CCCC3)ccc2n1. The summed E-state index contributed by atoms with van der Waals surface area (Å²) in [6, 6.07) is 3.85. The largest absolute Gasteiger partial charge is 0.376 e. The molecule has 19 heavy (non-hydrogen) atoms. The smallest absolute Gasteiger partial charge is 0.180 e. The van der Waals surface area contributed by atoms with Crippen molar-refractivity contribution in [1.29, 1.82) is 0 Å². The van der Waals surface area contributed by atoms with Gasteiger partial charge in [-0.15, -0.1) is 0 Å². The zero-order chi connectivity index (χ0) is 12.9. The number of nitrogens with zero attached hydrogens (tertiary/aromatic N) is 3. The third-order valence-corrected chi connectivity index (χ3v) is 3.40. The van der Waals surface area contributed by atoms with Gasteiger partial charge in [0.1, 0.15) is 11.3 Å². The van der Waals surface area contributed by atoms with Crippen molar-refractivity contribution in [2.45, 2.75) is 31.8 Å². The average molecular weight is 258 g/mol. The van der Waals surface area contributed by atoms with E-state index in [0.29, 0.717) is 11.8 Å². The Morgan fingerprint density at radius 3 is 2.89 bits per heavy atom. The van der Waals surface area contributed by atoms with Crippen LogP contribution in [-0.2, 0) is 4.74 Å². The second-order valence-corrected chi connectivity index (χ2v) is 4.80. The van der Waals surface area contributed by atoms with Crippen LogP contribution in [0.2, 0.25) is 0 Å². The highest BCUT2D eigenvalue weighted by Gasteiger charge is 2.14. The first-order valence-corrected chi connectivity index (χ1v) is 6.85. The Labute approximate surface area is 112 Å². The Kier molecular flexibility index (Phi) is 3.83. The van der Waals surface area contributed by atoms with E-state index in [2.05, 4.69) is 20.3 Å². The molecule has 5 nitrogen and oxygen atoms in total. The molecule has 0 unspecified atom stereocenters. The number of hydrogen-bond acceptors (Lipinski definition) is 5. The fourth-order valence-electron chi connectivity index (χ4n) is 2.41. The standard InChI is InChI=1S/C14H18N4O/c1-2-4-11(3-1)19-10-9-16-13-6-5-12-14(18-13)17-8-7-15-12/h5-8,11H,1-4,9-10H2,(H,16,17,18). The van der Waals surface area contributed by atoms with Crippen LogP contribution in [-0.4, -0.2) is 34.2 Å². The summed E-state index contributed by atoms with van der Waals surface area (Å²) in [5.41, 5.74) is 1.49. The highest BCUT2D eigenvalue weighted by Crippen LogP contribution is 2.20. The third kappa shape index (κ3) is 3.17. The summed E-state index contributed by atoms with van der Waals surface area (Å²) < 4.78 is 5.79. The first-order chi connectivity index (χ1) is 9.42. The van der Waals surface area contributed by atoms with Crippen LogP contribution in [0.15, 0.2) is 24.5 Å². The minimum Gasteiger partial charge on any atom is -0.376 e. The van der Waals surface area contributed by atoms with Gasteiger partial charge in [-0.05, 0) is 25.0 Å². The predicted octanol–water partition coefficient (Wildman–Crippen LogP) is 2.40. The Balaban J connectivity index is 1.50. The maximum Gasteiger partial charge on any atom is 0.180 e. The van der Waals surface area contributed by atoms with Crippen molar-refractivity contribution >= 4 is 17.0 Å². The molecule has 1 aliphatic carbocycles. The summed E-state index contributed by atoms with van der Waals surface area (Å²) in [7, 11) is 0. The molecule has 2 aromatic heterocycles. The molecule has 0 radical (unpaired) electrons. The van der Waals surface area contributed by atoms with E-state index in [-0.39, 0.29) is 0 Å². The molecule has 1 aliphatic rings. The van der Waals surface area contributed by atoms with Gasteiger partial charge in [-0.1, -0.05) is 12.8 Å². The van der Waals surface area contributed by atoms with Crippen LogP contribution >= 0.6 is 0 Å². The molecule has 2 heterocycles. The maximum atomic E-state index is 5.79. The van der Waals surface area contributed by atoms with Crippen molar-refractivity contribution < 1.29 is 4.74 Å². The molecule has 0 spiro atoms. The van der Waals surface area contributed by atoms with Crippen LogP contribution in [0.1, 0.15) is 25.7 Å². The molecule has 1 fully saturated rings. The molecular weight excluding hydrogens is 240 g/mol. The molecule has 0 amide bonds. The number of pyridine rings is 1. The van der Waals surface area contributed by atoms with E-state index in [9.17, 15) is 0 Å². The minimum atomic E-state index is 0.470. The second-order valence-electron chi connectivity index (χ2n) is 4.80. The number of fused-ring (bicyclic) bond motifs is 1. The van der Waals surface area contributed by atoms with Crippen molar-refractivity contribution in [2.24, 2.45) is 0 Å².